The van der Waals surface area contributed by atoms with Gasteiger partial charge in [0.25, 0.3) is 0 Å². The number of halogens is 1. The highest BCUT2D eigenvalue weighted by molar-refractivity contribution is 7.93. The van der Waals surface area contributed by atoms with E-state index in [1.165, 1.54) is 0 Å². The Kier molecular flexibility index (Phi) is 5.96. The topological polar surface area (TPSA) is 55.8 Å². The van der Waals surface area contributed by atoms with Crippen LogP contribution in [0, 0.1) is 5.92 Å². The predicted molar refractivity (Wildman–Crippen MR) is 62.2 cm³/mol. The minimum atomic E-state index is -1.15. The molecule has 1 aromatic carbocycles. The second-order valence-electron chi connectivity index (χ2n) is 3.29. The van der Waals surface area contributed by atoms with Gasteiger partial charge in [0, 0.05) is 18.3 Å². The third kappa shape index (κ3) is 3.99. The molecule has 0 saturated carbocycles. The van der Waals surface area contributed by atoms with Crippen LogP contribution in [0.1, 0.15) is 11.7 Å². The van der Waals surface area contributed by atoms with Crippen molar-refractivity contribution in [1.82, 2.24) is 0 Å². The zero-order chi connectivity index (χ0) is 12.7. The molecule has 1 aromatic rings. The predicted octanol–water partition coefficient (Wildman–Crippen LogP) is 2.09. The van der Waals surface area contributed by atoms with E-state index < -0.39 is 18.7 Å². The maximum atomic E-state index is 12.4. The van der Waals surface area contributed by atoms with Crippen LogP contribution < -0.4 is 4.89 Å². The third-order valence-electron chi connectivity index (χ3n) is 2.18. The number of hydrogen-bond acceptors (Lipinski definition) is 5. The highest BCUT2D eigenvalue weighted by Gasteiger charge is 2.20. The molecule has 0 unspecified atom stereocenters. The fourth-order valence-corrected chi connectivity index (χ4v) is 1.38. The molecule has 1 N–H and O–H groups in total. The van der Waals surface area contributed by atoms with E-state index in [4.69, 9.17) is 4.89 Å². The second kappa shape index (κ2) is 7.26. The summed E-state index contributed by atoms with van der Waals surface area (Å²) in [5.74, 6) is -0.581. The van der Waals surface area contributed by atoms with Crippen molar-refractivity contribution in [3.63, 3.8) is 0 Å². The van der Waals surface area contributed by atoms with Crippen molar-refractivity contribution in [3.8, 4) is 5.75 Å². The lowest BCUT2D eigenvalue weighted by atomic mass is 9.98. The Balaban J connectivity index is 2.69. The van der Waals surface area contributed by atoms with E-state index in [1.54, 1.807) is 30.5 Å². The molecule has 2 atom stereocenters. The molecule has 4 nitrogen and oxygen atoms in total. The van der Waals surface area contributed by atoms with Gasteiger partial charge in [0.1, 0.15) is 13.0 Å². The zero-order valence-electron chi connectivity index (χ0n) is 9.21. The first-order chi connectivity index (χ1) is 8.22. The van der Waals surface area contributed by atoms with Crippen LogP contribution in [-0.2, 0) is 9.13 Å². The van der Waals surface area contributed by atoms with Crippen LogP contribution in [0.25, 0.3) is 0 Å². The van der Waals surface area contributed by atoms with Crippen molar-refractivity contribution in [1.29, 1.82) is 0 Å². The second-order valence-corrected chi connectivity index (χ2v) is 3.76. The molecule has 0 aliphatic heterocycles. The first-order valence-corrected chi connectivity index (χ1v) is 6.04. The van der Waals surface area contributed by atoms with Crippen LogP contribution >= 0.6 is 12.0 Å². The number of alkyl halides is 1. The normalized spacial score (nSPS) is 14.1. The third-order valence-corrected chi connectivity index (χ3v) is 2.38. The lowest BCUT2D eigenvalue weighted by molar-refractivity contribution is -0.115. The van der Waals surface area contributed by atoms with E-state index in [-0.39, 0.29) is 0 Å². The molecule has 94 valence electrons. The van der Waals surface area contributed by atoms with Gasteiger partial charge in [0.2, 0.25) is 0 Å². The number of carbonyl (C=O) groups is 1. The van der Waals surface area contributed by atoms with Crippen LogP contribution in [0.2, 0.25) is 0 Å². The van der Waals surface area contributed by atoms with Crippen molar-refractivity contribution in [2.75, 3.05) is 12.9 Å². The van der Waals surface area contributed by atoms with Gasteiger partial charge < -0.3 is 14.8 Å². The SMILES string of the molecule is CSOOc1ccc([C@@H](O)[C@H](C=O)CF)cc1. The summed E-state index contributed by atoms with van der Waals surface area (Å²) in [5.41, 5.74) is 0.455. The van der Waals surface area contributed by atoms with Crippen molar-refractivity contribution in [3.05, 3.63) is 29.8 Å². The quantitative estimate of drug-likeness (QED) is 0.352. The zero-order valence-corrected chi connectivity index (χ0v) is 10.0. The molecule has 1 rings (SSSR count). The molecular formula is C11H13FO4S. The number of aliphatic hydroxyl groups excluding tert-OH is 1. The van der Waals surface area contributed by atoms with Crippen LogP contribution in [0.3, 0.4) is 0 Å². The van der Waals surface area contributed by atoms with Crippen LogP contribution in [-0.4, -0.2) is 24.3 Å². The van der Waals surface area contributed by atoms with Gasteiger partial charge in [-0.3, -0.25) is 4.39 Å². The Labute approximate surface area is 103 Å². The van der Waals surface area contributed by atoms with Crippen LogP contribution in [0.4, 0.5) is 4.39 Å². The number of hydrogen-bond donors (Lipinski definition) is 1. The Morgan fingerprint density at radius 3 is 2.59 bits per heavy atom. The first-order valence-electron chi connectivity index (χ1n) is 4.89. The molecule has 0 aromatic heterocycles. The lowest BCUT2D eigenvalue weighted by Crippen LogP contribution is -2.15. The summed E-state index contributed by atoms with van der Waals surface area (Å²) in [7, 11) is 0. The van der Waals surface area contributed by atoms with E-state index in [0.29, 0.717) is 17.6 Å². The molecule has 0 aliphatic carbocycles. The molecule has 6 heteroatoms. The van der Waals surface area contributed by atoms with Gasteiger partial charge in [0.05, 0.1) is 12.0 Å². The van der Waals surface area contributed by atoms with Gasteiger partial charge >= 0.3 is 0 Å². The van der Waals surface area contributed by atoms with E-state index in [1.807, 2.05) is 0 Å². The van der Waals surface area contributed by atoms with Gasteiger partial charge in [0.15, 0.2) is 5.75 Å². The summed E-state index contributed by atoms with van der Waals surface area (Å²) in [4.78, 5) is 15.4. The molecule has 17 heavy (non-hydrogen) atoms. The number of benzene rings is 1. The van der Waals surface area contributed by atoms with Crippen LogP contribution in [0.5, 0.6) is 5.75 Å². The van der Waals surface area contributed by atoms with Gasteiger partial charge in [-0.25, -0.2) is 0 Å². The fourth-order valence-electron chi connectivity index (χ4n) is 1.24. The van der Waals surface area contributed by atoms with Gasteiger partial charge in [-0.1, -0.05) is 12.1 Å². The molecule has 0 saturated heterocycles. The minimum Gasteiger partial charge on any atom is -0.388 e. The average molecular weight is 260 g/mol. The molecule has 0 heterocycles. The van der Waals surface area contributed by atoms with E-state index in [2.05, 4.69) is 4.33 Å². The maximum absolute atomic E-state index is 12.4. The summed E-state index contributed by atoms with van der Waals surface area (Å²) in [6.45, 7) is -0.890. The number of aliphatic hydroxyl groups is 1. The van der Waals surface area contributed by atoms with Crippen molar-refractivity contribution in [2.45, 2.75) is 6.10 Å². The average Bonchev–Trinajstić information content (AvgIpc) is 2.38. The maximum Gasteiger partial charge on any atom is 0.166 e. The summed E-state index contributed by atoms with van der Waals surface area (Å²) < 4.78 is 17.0. The van der Waals surface area contributed by atoms with Crippen molar-refractivity contribution in [2.24, 2.45) is 5.92 Å². The minimum absolute atomic E-state index is 0.409. The van der Waals surface area contributed by atoms with Gasteiger partial charge in [-0.15, -0.1) is 4.33 Å². The summed E-state index contributed by atoms with van der Waals surface area (Å²) in [6, 6.07) is 6.23. The molecular weight excluding hydrogens is 247 g/mol. The standard InChI is InChI=1S/C11H13FO4S/c1-17-16-15-10-4-2-8(3-5-10)11(14)9(6-12)7-13/h2-5,7,9,11,14H,6H2,1H3/t9-,11+/m0/s1. The summed E-state index contributed by atoms with van der Waals surface area (Å²) in [5, 5.41) is 9.70. The lowest BCUT2D eigenvalue weighted by Gasteiger charge is -2.15. The number of rotatable bonds is 7. The molecule has 0 aliphatic rings. The van der Waals surface area contributed by atoms with E-state index in [9.17, 15) is 14.3 Å². The van der Waals surface area contributed by atoms with Gasteiger partial charge in [-0.2, -0.15) is 0 Å². The number of carbonyl (C=O) groups excluding carboxylic acids is 1. The molecule has 0 spiro atoms. The summed E-state index contributed by atoms with van der Waals surface area (Å²) >= 11 is 1.05. The van der Waals surface area contributed by atoms with E-state index in [0.717, 1.165) is 12.0 Å². The highest BCUT2D eigenvalue weighted by atomic mass is 32.2. The molecule has 0 bridgehead atoms. The molecule has 0 fully saturated rings. The smallest absolute Gasteiger partial charge is 0.166 e. The van der Waals surface area contributed by atoms with Crippen molar-refractivity contribution < 1.29 is 23.5 Å². The monoisotopic (exact) mass is 260 g/mol. The number of aldehydes is 1. The first kappa shape index (κ1) is 14.0. The molecule has 0 amide bonds. The Morgan fingerprint density at radius 2 is 2.12 bits per heavy atom. The van der Waals surface area contributed by atoms with Gasteiger partial charge in [-0.05, 0) is 17.7 Å². The highest BCUT2D eigenvalue weighted by Crippen LogP contribution is 2.23. The summed E-state index contributed by atoms with van der Waals surface area (Å²) in [6.07, 6.45) is 0.966. The largest absolute Gasteiger partial charge is 0.388 e. The van der Waals surface area contributed by atoms with Crippen molar-refractivity contribution >= 4 is 18.3 Å². The Bertz CT molecular complexity index is 344. The Hall–Kier alpha value is -1.11. The van der Waals surface area contributed by atoms with Crippen LogP contribution in [0.15, 0.2) is 24.3 Å². The molecule has 0 radical (unpaired) electrons. The Morgan fingerprint density at radius 1 is 1.47 bits per heavy atom. The van der Waals surface area contributed by atoms with E-state index >= 15 is 0 Å². The fraction of sp³-hybridized carbons (Fsp3) is 0.364.